The first-order valence-corrected chi connectivity index (χ1v) is 10.5. The summed E-state index contributed by atoms with van der Waals surface area (Å²) in [7, 11) is 0. The van der Waals surface area contributed by atoms with Crippen LogP contribution in [-0.2, 0) is 13.2 Å². The molecule has 0 aliphatic rings. The maximum Gasteiger partial charge on any atom is 0.268 e. The molecule has 0 unspecified atom stereocenters. The Balaban J connectivity index is 1.34. The normalized spacial score (nSPS) is 10.7. The Morgan fingerprint density at radius 1 is 1.17 bits per heavy atom. The third kappa shape index (κ3) is 5.06. The van der Waals surface area contributed by atoms with E-state index in [1.165, 1.54) is 11.3 Å². The first-order valence-electron chi connectivity index (χ1n) is 9.28. The van der Waals surface area contributed by atoms with Gasteiger partial charge < -0.3 is 4.74 Å². The van der Waals surface area contributed by atoms with Gasteiger partial charge in [0.2, 0.25) is 5.95 Å². The predicted molar refractivity (Wildman–Crippen MR) is 118 cm³/mol. The average molecular weight is 439 g/mol. The molecule has 8 heteroatoms. The molecule has 0 atom stereocenters. The largest absolute Gasteiger partial charge is 0.489 e. The van der Waals surface area contributed by atoms with Crippen molar-refractivity contribution >= 4 is 34.8 Å². The van der Waals surface area contributed by atoms with Gasteiger partial charge in [-0.3, -0.25) is 10.1 Å². The van der Waals surface area contributed by atoms with Crippen LogP contribution in [0.3, 0.4) is 0 Å². The molecule has 0 saturated carbocycles. The van der Waals surface area contributed by atoms with Gasteiger partial charge in [-0.05, 0) is 47.7 Å². The lowest BCUT2D eigenvalue weighted by Gasteiger charge is -2.08. The van der Waals surface area contributed by atoms with Crippen LogP contribution in [0, 0.1) is 6.92 Å². The van der Waals surface area contributed by atoms with Crippen LogP contribution in [0.15, 0.2) is 66.3 Å². The molecule has 6 nitrogen and oxygen atoms in total. The molecule has 1 amide bonds. The number of hydrogen-bond donors (Lipinski definition) is 1. The number of nitrogens with zero attached hydrogens (tertiary/aromatic N) is 3. The molecule has 1 N–H and O–H groups in total. The number of halogens is 1. The van der Waals surface area contributed by atoms with Gasteiger partial charge in [0.1, 0.15) is 18.7 Å². The van der Waals surface area contributed by atoms with Gasteiger partial charge in [-0.15, -0.1) is 16.4 Å². The number of rotatable bonds is 7. The van der Waals surface area contributed by atoms with Gasteiger partial charge in [0.25, 0.3) is 5.91 Å². The summed E-state index contributed by atoms with van der Waals surface area (Å²) in [4.78, 5) is 17.3. The fourth-order valence-electron chi connectivity index (χ4n) is 2.87. The van der Waals surface area contributed by atoms with E-state index in [0.717, 1.165) is 22.4 Å². The molecule has 2 aromatic heterocycles. The van der Waals surface area contributed by atoms with E-state index in [1.807, 2.05) is 60.8 Å². The van der Waals surface area contributed by atoms with Crippen LogP contribution < -0.4 is 10.1 Å². The molecule has 0 spiro atoms. The molecule has 0 aliphatic heterocycles. The van der Waals surface area contributed by atoms with Crippen molar-refractivity contribution in [2.45, 2.75) is 20.1 Å². The molecule has 0 fully saturated rings. The Morgan fingerprint density at radius 3 is 2.80 bits per heavy atom. The highest BCUT2D eigenvalue weighted by atomic mass is 35.5. The summed E-state index contributed by atoms with van der Waals surface area (Å²) >= 11 is 7.32. The maximum atomic E-state index is 12.5. The second-order valence-electron chi connectivity index (χ2n) is 6.72. The van der Waals surface area contributed by atoms with Crippen LogP contribution in [0.4, 0.5) is 5.95 Å². The van der Waals surface area contributed by atoms with Crippen molar-refractivity contribution in [1.29, 1.82) is 0 Å². The summed E-state index contributed by atoms with van der Waals surface area (Å²) < 4.78 is 7.52. The van der Waals surface area contributed by atoms with Crippen molar-refractivity contribution < 1.29 is 9.53 Å². The zero-order valence-electron chi connectivity index (χ0n) is 16.2. The molecule has 0 saturated heterocycles. The number of benzene rings is 2. The van der Waals surface area contributed by atoms with Gasteiger partial charge in [0.15, 0.2) is 0 Å². The molecule has 4 aromatic rings. The molecule has 2 heterocycles. The number of hydrogen-bond acceptors (Lipinski definition) is 5. The zero-order chi connectivity index (χ0) is 20.9. The molecule has 30 heavy (non-hydrogen) atoms. The van der Waals surface area contributed by atoms with Crippen molar-refractivity contribution in [3.63, 3.8) is 0 Å². The first-order chi connectivity index (χ1) is 14.6. The highest BCUT2D eigenvalue weighted by Crippen LogP contribution is 2.24. The summed E-state index contributed by atoms with van der Waals surface area (Å²) in [6, 6.07) is 17.2. The van der Waals surface area contributed by atoms with Crippen molar-refractivity contribution in [2.24, 2.45) is 0 Å². The molecule has 2 aromatic carbocycles. The average Bonchev–Trinajstić information content (AvgIpc) is 3.38. The number of anilines is 1. The summed E-state index contributed by atoms with van der Waals surface area (Å²) in [5.41, 5.74) is 2.99. The van der Waals surface area contributed by atoms with E-state index in [0.29, 0.717) is 23.1 Å². The Morgan fingerprint density at radius 2 is 2.00 bits per heavy atom. The number of aryl methyl sites for hydroxylation is 1. The number of carbonyl (C=O) groups excluding carboxylic acids is 1. The smallest absolute Gasteiger partial charge is 0.268 e. The highest BCUT2D eigenvalue weighted by Gasteiger charge is 2.13. The molecule has 0 aliphatic carbocycles. The lowest BCUT2D eigenvalue weighted by Crippen LogP contribution is -2.12. The van der Waals surface area contributed by atoms with Gasteiger partial charge >= 0.3 is 0 Å². The molecule has 4 rings (SSSR count). The van der Waals surface area contributed by atoms with Gasteiger partial charge in [0, 0.05) is 10.6 Å². The van der Waals surface area contributed by atoms with Crippen molar-refractivity contribution in [1.82, 2.24) is 14.8 Å². The third-order valence-corrected chi connectivity index (χ3v) is 5.57. The molecule has 0 radical (unpaired) electrons. The van der Waals surface area contributed by atoms with Crippen LogP contribution in [-0.4, -0.2) is 20.7 Å². The summed E-state index contributed by atoms with van der Waals surface area (Å²) in [5, 5.41) is 9.63. The van der Waals surface area contributed by atoms with E-state index in [-0.39, 0.29) is 11.9 Å². The summed E-state index contributed by atoms with van der Waals surface area (Å²) in [6.07, 6.45) is 1.60. The van der Waals surface area contributed by atoms with Gasteiger partial charge in [-0.2, -0.15) is 0 Å². The maximum absolute atomic E-state index is 12.5. The van der Waals surface area contributed by atoms with Crippen molar-refractivity contribution in [3.8, 4) is 5.75 Å². The van der Waals surface area contributed by atoms with Crippen LogP contribution in [0.25, 0.3) is 0 Å². The second-order valence-corrected chi connectivity index (χ2v) is 8.07. The molecule has 0 bridgehead atoms. The minimum atomic E-state index is -0.244. The Hall–Kier alpha value is -3.16. The Labute approximate surface area is 183 Å². The monoisotopic (exact) mass is 438 g/mol. The van der Waals surface area contributed by atoms with Gasteiger partial charge in [0.05, 0.1) is 11.4 Å². The fraction of sp³-hybridized carbons (Fsp3) is 0.136. The van der Waals surface area contributed by atoms with Crippen LogP contribution in [0.1, 0.15) is 26.4 Å². The summed E-state index contributed by atoms with van der Waals surface area (Å²) in [5.74, 6) is 0.801. The fourth-order valence-corrected chi connectivity index (χ4v) is 3.89. The third-order valence-electron chi connectivity index (χ3n) is 4.36. The number of carbonyl (C=O) groups is 1. The topological polar surface area (TPSA) is 69.0 Å². The SMILES string of the molecule is Cc1cc(Cl)ccc1OCc1csc(C(=O)Nc2ncn(Cc3ccccc3)n2)c1. The van der Waals surface area contributed by atoms with E-state index < -0.39 is 0 Å². The van der Waals surface area contributed by atoms with E-state index >= 15 is 0 Å². The quantitative estimate of drug-likeness (QED) is 0.431. The highest BCUT2D eigenvalue weighted by molar-refractivity contribution is 7.12. The predicted octanol–water partition coefficient (Wildman–Crippen LogP) is 5.18. The molecule has 152 valence electrons. The van der Waals surface area contributed by atoms with Crippen LogP contribution in [0.5, 0.6) is 5.75 Å². The molecular formula is C22H19ClN4O2S. The number of thiophene rings is 1. The van der Waals surface area contributed by atoms with Crippen molar-refractivity contribution in [2.75, 3.05) is 5.32 Å². The van der Waals surface area contributed by atoms with Crippen LogP contribution >= 0.6 is 22.9 Å². The second kappa shape index (κ2) is 9.11. The van der Waals surface area contributed by atoms with Crippen molar-refractivity contribution in [3.05, 3.63) is 92.9 Å². The lowest BCUT2D eigenvalue weighted by molar-refractivity contribution is 0.102. The minimum absolute atomic E-state index is 0.244. The number of ether oxygens (including phenoxy) is 1. The zero-order valence-corrected chi connectivity index (χ0v) is 17.8. The van der Waals surface area contributed by atoms with Gasteiger partial charge in [-0.1, -0.05) is 41.9 Å². The van der Waals surface area contributed by atoms with Gasteiger partial charge in [-0.25, -0.2) is 9.67 Å². The van der Waals surface area contributed by atoms with E-state index in [4.69, 9.17) is 16.3 Å². The lowest BCUT2D eigenvalue weighted by atomic mass is 10.2. The van der Waals surface area contributed by atoms with E-state index in [9.17, 15) is 4.79 Å². The number of aromatic nitrogens is 3. The first kappa shape index (κ1) is 20.1. The number of amides is 1. The Kier molecular flexibility index (Phi) is 6.11. The van der Waals surface area contributed by atoms with E-state index in [1.54, 1.807) is 17.1 Å². The standard InChI is InChI=1S/C22H19ClN4O2S/c1-15-9-18(23)7-8-19(15)29-12-17-10-20(30-13-17)21(28)25-22-24-14-27(26-22)11-16-5-3-2-4-6-16/h2-10,13-14H,11-12H2,1H3,(H,25,26,28). The molecular weight excluding hydrogens is 420 g/mol. The van der Waals surface area contributed by atoms with E-state index in [2.05, 4.69) is 15.4 Å². The summed E-state index contributed by atoms with van der Waals surface area (Å²) in [6.45, 7) is 2.90. The minimum Gasteiger partial charge on any atom is -0.489 e. The van der Waals surface area contributed by atoms with Crippen LogP contribution in [0.2, 0.25) is 5.02 Å². The Bertz CT molecular complexity index is 1160. The number of nitrogens with one attached hydrogen (secondary N) is 1.